The lowest BCUT2D eigenvalue weighted by Crippen LogP contribution is -2.44. The first-order valence-electron chi connectivity index (χ1n) is 8.44. The van der Waals surface area contributed by atoms with E-state index in [1.54, 1.807) is 12.3 Å². The van der Waals surface area contributed by atoms with E-state index >= 15 is 0 Å². The molecule has 136 valence electrons. The van der Waals surface area contributed by atoms with Crippen molar-refractivity contribution in [3.63, 3.8) is 0 Å². The molecule has 0 bridgehead atoms. The number of benzene rings is 1. The first-order valence-corrected chi connectivity index (χ1v) is 8.44. The Bertz CT molecular complexity index is 841. The summed E-state index contributed by atoms with van der Waals surface area (Å²) >= 11 is 0. The Morgan fingerprint density at radius 2 is 2.08 bits per heavy atom. The van der Waals surface area contributed by atoms with Crippen LogP contribution in [0, 0.1) is 18.7 Å². The molecule has 7 heteroatoms. The van der Waals surface area contributed by atoms with Crippen LogP contribution in [0.2, 0.25) is 0 Å². The van der Waals surface area contributed by atoms with Crippen molar-refractivity contribution in [1.29, 1.82) is 0 Å². The Hall–Kier alpha value is -2.96. The second kappa shape index (κ2) is 7.51. The normalized spacial score (nSPS) is 17.0. The fraction of sp³-hybridized carbons (Fsp3) is 0.316. The number of pyridine rings is 1. The summed E-state index contributed by atoms with van der Waals surface area (Å²) in [5.41, 5.74) is 2.82. The zero-order chi connectivity index (χ0) is 18.7. The van der Waals surface area contributed by atoms with Crippen molar-refractivity contribution in [2.45, 2.75) is 19.8 Å². The predicted molar refractivity (Wildman–Crippen MR) is 95.3 cm³/mol. The maximum atomic E-state index is 13.4. The number of halogens is 1. The number of carboxylic acids is 1. The van der Waals surface area contributed by atoms with Gasteiger partial charge in [0.2, 0.25) is 0 Å². The van der Waals surface area contributed by atoms with E-state index in [1.165, 1.54) is 11.0 Å². The third-order valence-corrected chi connectivity index (χ3v) is 4.58. The third-order valence-electron chi connectivity index (χ3n) is 4.58. The van der Waals surface area contributed by atoms with E-state index in [9.17, 15) is 14.0 Å². The van der Waals surface area contributed by atoms with E-state index in [4.69, 9.17) is 5.11 Å². The largest absolute Gasteiger partial charge is 0.481 e. The molecule has 26 heavy (non-hydrogen) atoms. The van der Waals surface area contributed by atoms with Gasteiger partial charge in [0.15, 0.2) is 0 Å². The highest BCUT2D eigenvalue weighted by molar-refractivity contribution is 5.91. The van der Waals surface area contributed by atoms with Gasteiger partial charge in [-0.25, -0.2) is 9.18 Å². The number of hydrogen-bond donors (Lipinski definition) is 2. The number of carboxylic acid groups (broad SMARTS) is 1. The number of aromatic nitrogens is 1. The minimum absolute atomic E-state index is 0.202. The van der Waals surface area contributed by atoms with Gasteiger partial charge in [0, 0.05) is 30.5 Å². The van der Waals surface area contributed by atoms with Crippen LogP contribution in [-0.2, 0) is 4.79 Å². The van der Waals surface area contributed by atoms with Crippen LogP contribution in [0.4, 0.5) is 14.9 Å². The Morgan fingerprint density at radius 1 is 1.27 bits per heavy atom. The molecule has 2 N–H and O–H groups in total. The monoisotopic (exact) mass is 357 g/mol. The van der Waals surface area contributed by atoms with Gasteiger partial charge in [-0.1, -0.05) is 12.1 Å². The molecular formula is C19H20FN3O3. The lowest BCUT2D eigenvalue weighted by Gasteiger charge is -2.31. The molecule has 2 aromatic rings. The fourth-order valence-corrected chi connectivity index (χ4v) is 3.06. The number of amides is 2. The van der Waals surface area contributed by atoms with Crippen LogP contribution in [0.25, 0.3) is 11.1 Å². The lowest BCUT2D eigenvalue weighted by molar-refractivity contribution is -0.143. The molecule has 3 rings (SSSR count). The number of hydrogen-bond acceptors (Lipinski definition) is 3. The molecule has 1 aromatic heterocycles. The number of carbonyl (C=O) groups excluding carboxylic acids is 1. The molecule has 2 heterocycles. The second-order valence-corrected chi connectivity index (χ2v) is 6.48. The van der Waals surface area contributed by atoms with Gasteiger partial charge in [-0.3, -0.25) is 9.78 Å². The van der Waals surface area contributed by atoms with Crippen LogP contribution in [-0.4, -0.2) is 40.1 Å². The number of rotatable bonds is 3. The van der Waals surface area contributed by atoms with Crippen LogP contribution < -0.4 is 5.32 Å². The SMILES string of the molecule is Cc1ccc(-c2cncc(F)c2)cc1NC(=O)N1CCCC(C(=O)O)C1. The van der Waals surface area contributed by atoms with Crippen molar-refractivity contribution in [2.24, 2.45) is 5.92 Å². The van der Waals surface area contributed by atoms with E-state index < -0.39 is 17.7 Å². The predicted octanol–water partition coefficient (Wildman–Crippen LogP) is 3.52. The number of aliphatic carboxylic acids is 1. The molecule has 0 spiro atoms. The van der Waals surface area contributed by atoms with Gasteiger partial charge in [0.25, 0.3) is 0 Å². The van der Waals surface area contributed by atoms with Crippen LogP contribution in [0.3, 0.4) is 0 Å². The molecule has 1 aliphatic rings. The molecule has 6 nitrogen and oxygen atoms in total. The van der Waals surface area contributed by atoms with Gasteiger partial charge in [-0.15, -0.1) is 0 Å². The number of urea groups is 1. The van der Waals surface area contributed by atoms with Crippen molar-refractivity contribution < 1.29 is 19.1 Å². The molecular weight excluding hydrogens is 337 g/mol. The van der Waals surface area contributed by atoms with Gasteiger partial charge < -0.3 is 15.3 Å². The molecule has 1 fully saturated rings. The smallest absolute Gasteiger partial charge is 0.321 e. The van der Waals surface area contributed by atoms with Gasteiger partial charge in [0.05, 0.1) is 12.1 Å². The van der Waals surface area contributed by atoms with Crippen LogP contribution in [0.15, 0.2) is 36.7 Å². The van der Waals surface area contributed by atoms with Gasteiger partial charge in [-0.2, -0.15) is 0 Å². The minimum Gasteiger partial charge on any atom is -0.481 e. The van der Waals surface area contributed by atoms with Crippen molar-refractivity contribution in [1.82, 2.24) is 9.88 Å². The summed E-state index contributed by atoms with van der Waals surface area (Å²) in [6.07, 6.45) is 3.94. The van der Waals surface area contributed by atoms with E-state index in [0.29, 0.717) is 30.6 Å². The average molecular weight is 357 g/mol. The molecule has 1 unspecified atom stereocenters. The maximum Gasteiger partial charge on any atom is 0.321 e. The highest BCUT2D eigenvalue weighted by atomic mass is 19.1. The van der Waals surface area contributed by atoms with Crippen molar-refractivity contribution in [2.75, 3.05) is 18.4 Å². The van der Waals surface area contributed by atoms with Crippen LogP contribution in [0.5, 0.6) is 0 Å². The van der Waals surface area contributed by atoms with Crippen molar-refractivity contribution in [3.8, 4) is 11.1 Å². The zero-order valence-electron chi connectivity index (χ0n) is 14.4. The Balaban J connectivity index is 1.78. The van der Waals surface area contributed by atoms with Crippen molar-refractivity contribution >= 4 is 17.7 Å². The number of aryl methyl sites for hydroxylation is 1. The van der Waals surface area contributed by atoms with E-state index in [-0.39, 0.29) is 12.6 Å². The summed E-state index contributed by atoms with van der Waals surface area (Å²) in [5.74, 6) is -1.83. The molecule has 0 radical (unpaired) electrons. The first-order chi connectivity index (χ1) is 12.4. The number of carbonyl (C=O) groups is 2. The highest BCUT2D eigenvalue weighted by Crippen LogP contribution is 2.26. The number of nitrogens with one attached hydrogen (secondary N) is 1. The molecule has 0 aliphatic carbocycles. The molecule has 0 saturated carbocycles. The zero-order valence-corrected chi connectivity index (χ0v) is 14.4. The highest BCUT2D eigenvalue weighted by Gasteiger charge is 2.28. The van der Waals surface area contributed by atoms with E-state index in [2.05, 4.69) is 10.3 Å². The topological polar surface area (TPSA) is 82.5 Å². The van der Waals surface area contributed by atoms with Crippen LogP contribution in [0.1, 0.15) is 18.4 Å². The first kappa shape index (κ1) is 17.8. The van der Waals surface area contributed by atoms with E-state index in [0.717, 1.165) is 17.3 Å². The molecule has 1 aliphatic heterocycles. The number of nitrogens with zero attached hydrogens (tertiary/aromatic N) is 2. The quantitative estimate of drug-likeness (QED) is 0.880. The fourth-order valence-electron chi connectivity index (χ4n) is 3.06. The van der Waals surface area contributed by atoms with Crippen molar-refractivity contribution in [3.05, 3.63) is 48.0 Å². The number of anilines is 1. The number of piperidine rings is 1. The summed E-state index contributed by atoms with van der Waals surface area (Å²) in [6, 6.07) is 6.50. The van der Waals surface area contributed by atoms with Gasteiger partial charge in [-0.05, 0) is 43.0 Å². The minimum atomic E-state index is -0.876. The summed E-state index contributed by atoms with van der Waals surface area (Å²) in [7, 11) is 0. The molecule has 1 saturated heterocycles. The third kappa shape index (κ3) is 3.99. The maximum absolute atomic E-state index is 13.4. The Morgan fingerprint density at radius 3 is 2.81 bits per heavy atom. The standard InChI is InChI=1S/C19H20FN3O3/c1-12-4-5-13(15-7-16(20)10-21-9-15)8-17(12)22-19(26)23-6-2-3-14(11-23)18(24)25/h4-5,7-10,14H,2-3,6,11H2,1H3,(H,22,26)(H,24,25). The molecule has 1 atom stereocenters. The van der Waals surface area contributed by atoms with E-state index in [1.807, 2.05) is 19.1 Å². The van der Waals surface area contributed by atoms with Gasteiger partial charge in [0.1, 0.15) is 5.82 Å². The summed E-state index contributed by atoms with van der Waals surface area (Å²) in [5, 5.41) is 12.0. The second-order valence-electron chi connectivity index (χ2n) is 6.48. The van der Waals surface area contributed by atoms with Gasteiger partial charge >= 0.3 is 12.0 Å². The van der Waals surface area contributed by atoms with Crippen LogP contribution >= 0.6 is 0 Å². The summed E-state index contributed by atoms with van der Waals surface area (Å²) < 4.78 is 13.4. The Labute approximate surface area is 150 Å². The summed E-state index contributed by atoms with van der Waals surface area (Å²) in [6.45, 7) is 2.59. The Kier molecular flexibility index (Phi) is 5.16. The molecule has 1 aromatic carbocycles. The average Bonchev–Trinajstić information content (AvgIpc) is 2.63. The number of likely N-dealkylation sites (tertiary alicyclic amines) is 1. The molecule has 2 amide bonds. The lowest BCUT2D eigenvalue weighted by atomic mass is 9.98. The summed E-state index contributed by atoms with van der Waals surface area (Å²) in [4.78, 5) is 29.1.